The number of benzene rings is 1. The number of hydrogen-bond acceptors (Lipinski definition) is 4. The van der Waals surface area contributed by atoms with Gasteiger partial charge >= 0.3 is 5.97 Å². The number of carbonyl (C=O) groups excluding carboxylic acids is 1. The highest BCUT2D eigenvalue weighted by molar-refractivity contribution is 9.10. The van der Waals surface area contributed by atoms with Crippen LogP contribution in [0.25, 0.3) is 0 Å². The molecule has 7 heteroatoms. The maximum atomic E-state index is 13.3. The van der Waals surface area contributed by atoms with E-state index in [4.69, 9.17) is 11.6 Å². The van der Waals surface area contributed by atoms with E-state index < -0.39 is 11.8 Å². The Balaban J connectivity index is 2.19. The molecule has 1 aromatic carbocycles. The smallest absolute Gasteiger partial charge is 0.339 e. The van der Waals surface area contributed by atoms with Gasteiger partial charge in [-0.05, 0) is 40.2 Å². The summed E-state index contributed by atoms with van der Waals surface area (Å²) in [5.74, 6) is -0.941. The molecule has 2 aromatic rings. The van der Waals surface area contributed by atoms with Gasteiger partial charge in [0.1, 0.15) is 10.2 Å². The Labute approximate surface area is 132 Å². The molecule has 0 saturated heterocycles. The predicted molar refractivity (Wildman–Crippen MR) is 82.1 cm³/mol. The van der Waals surface area contributed by atoms with Crippen molar-refractivity contribution in [1.82, 2.24) is 0 Å². The third-order valence-electron chi connectivity index (χ3n) is 2.54. The molecule has 0 spiro atoms. The number of carbonyl (C=O) groups is 1. The van der Waals surface area contributed by atoms with Gasteiger partial charge in [-0.1, -0.05) is 11.6 Å². The van der Waals surface area contributed by atoms with E-state index in [0.717, 1.165) is 9.35 Å². The van der Waals surface area contributed by atoms with Crippen molar-refractivity contribution in [2.75, 3.05) is 12.4 Å². The SMILES string of the molecule is COC(=O)c1ccc(F)cc1NCc1cc(Br)c(Cl)s1. The molecule has 0 radical (unpaired) electrons. The molecule has 1 N–H and O–H groups in total. The quantitative estimate of drug-likeness (QED) is 0.784. The van der Waals surface area contributed by atoms with Crippen LogP contribution in [0.2, 0.25) is 4.34 Å². The first-order chi connectivity index (χ1) is 9.51. The van der Waals surface area contributed by atoms with E-state index in [1.54, 1.807) is 0 Å². The van der Waals surface area contributed by atoms with E-state index in [-0.39, 0.29) is 5.56 Å². The lowest BCUT2D eigenvalue weighted by Crippen LogP contribution is -2.08. The summed E-state index contributed by atoms with van der Waals surface area (Å²) in [5, 5.41) is 3.02. The van der Waals surface area contributed by atoms with Crippen molar-refractivity contribution in [2.24, 2.45) is 0 Å². The van der Waals surface area contributed by atoms with E-state index in [1.165, 1.54) is 36.6 Å². The molecule has 1 heterocycles. The van der Waals surface area contributed by atoms with Crippen molar-refractivity contribution >= 4 is 50.5 Å². The first kappa shape index (κ1) is 15.3. The predicted octanol–water partition coefficient (Wildman–Crippen LogP) is 4.70. The number of nitrogens with one attached hydrogen (secondary N) is 1. The van der Waals surface area contributed by atoms with Crippen LogP contribution in [0.15, 0.2) is 28.7 Å². The fraction of sp³-hybridized carbons (Fsp3) is 0.154. The summed E-state index contributed by atoms with van der Waals surface area (Å²) in [6.07, 6.45) is 0. The Hall–Kier alpha value is -1.11. The monoisotopic (exact) mass is 377 g/mol. The van der Waals surface area contributed by atoms with Crippen molar-refractivity contribution in [3.05, 3.63) is 49.3 Å². The highest BCUT2D eigenvalue weighted by atomic mass is 79.9. The second kappa shape index (κ2) is 6.56. The van der Waals surface area contributed by atoms with Crippen LogP contribution >= 0.6 is 38.9 Å². The van der Waals surface area contributed by atoms with Gasteiger partial charge in [0, 0.05) is 15.9 Å². The van der Waals surface area contributed by atoms with Crippen LogP contribution in [0.4, 0.5) is 10.1 Å². The lowest BCUT2D eigenvalue weighted by molar-refractivity contribution is 0.0602. The zero-order chi connectivity index (χ0) is 14.7. The zero-order valence-corrected chi connectivity index (χ0v) is 13.5. The van der Waals surface area contributed by atoms with Gasteiger partial charge in [0.15, 0.2) is 0 Å². The summed E-state index contributed by atoms with van der Waals surface area (Å²) < 4.78 is 19.4. The summed E-state index contributed by atoms with van der Waals surface area (Å²) >= 11 is 10.7. The number of methoxy groups -OCH3 is 1. The van der Waals surface area contributed by atoms with Gasteiger partial charge in [0.2, 0.25) is 0 Å². The van der Waals surface area contributed by atoms with Crippen molar-refractivity contribution in [2.45, 2.75) is 6.54 Å². The highest BCUT2D eigenvalue weighted by Crippen LogP contribution is 2.32. The van der Waals surface area contributed by atoms with Gasteiger partial charge in [-0.3, -0.25) is 0 Å². The highest BCUT2D eigenvalue weighted by Gasteiger charge is 2.13. The maximum Gasteiger partial charge on any atom is 0.339 e. The molecule has 0 aliphatic heterocycles. The molecule has 0 fully saturated rings. The van der Waals surface area contributed by atoms with Crippen LogP contribution in [0, 0.1) is 5.82 Å². The number of halogens is 3. The molecule has 0 atom stereocenters. The Kier molecular flexibility index (Phi) is 5.01. The Morgan fingerprint density at radius 3 is 2.85 bits per heavy atom. The van der Waals surface area contributed by atoms with Crippen molar-refractivity contribution in [3.8, 4) is 0 Å². The molecule has 0 aliphatic carbocycles. The molecule has 0 saturated carbocycles. The zero-order valence-electron chi connectivity index (χ0n) is 10.4. The van der Waals surface area contributed by atoms with Crippen molar-refractivity contribution in [1.29, 1.82) is 0 Å². The Bertz CT molecular complexity index is 628. The second-order valence-electron chi connectivity index (χ2n) is 3.87. The Morgan fingerprint density at radius 2 is 2.25 bits per heavy atom. The minimum Gasteiger partial charge on any atom is -0.465 e. The third-order valence-corrected chi connectivity index (χ3v) is 5.01. The van der Waals surface area contributed by atoms with Crippen molar-refractivity contribution in [3.63, 3.8) is 0 Å². The maximum absolute atomic E-state index is 13.3. The number of thiophene rings is 1. The minimum atomic E-state index is -0.516. The molecular weight excluding hydrogens is 369 g/mol. The van der Waals surface area contributed by atoms with Gasteiger partial charge in [0.05, 0.1) is 18.4 Å². The summed E-state index contributed by atoms with van der Waals surface area (Å²) in [7, 11) is 1.28. The van der Waals surface area contributed by atoms with Crippen LogP contribution in [0.5, 0.6) is 0 Å². The van der Waals surface area contributed by atoms with Crippen LogP contribution in [-0.2, 0) is 11.3 Å². The lowest BCUT2D eigenvalue weighted by Gasteiger charge is -2.10. The number of ether oxygens (including phenoxy) is 1. The van der Waals surface area contributed by atoms with Crippen LogP contribution in [-0.4, -0.2) is 13.1 Å². The fourth-order valence-electron chi connectivity index (χ4n) is 1.61. The summed E-state index contributed by atoms with van der Waals surface area (Å²) in [6.45, 7) is 0.434. The van der Waals surface area contributed by atoms with Gasteiger partial charge in [0.25, 0.3) is 0 Å². The molecule has 2 rings (SSSR count). The third kappa shape index (κ3) is 3.50. The molecule has 3 nitrogen and oxygen atoms in total. The number of anilines is 1. The Morgan fingerprint density at radius 1 is 1.50 bits per heavy atom. The van der Waals surface area contributed by atoms with Gasteiger partial charge in [-0.2, -0.15) is 0 Å². The van der Waals surface area contributed by atoms with Gasteiger partial charge < -0.3 is 10.1 Å². The molecular formula is C13H10BrClFNO2S. The van der Waals surface area contributed by atoms with E-state index in [2.05, 4.69) is 26.0 Å². The first-order valence-corrected chi connectivity index (χ1v) is 7.55. The molecule has 0 aliphatic rings. The average Bonchev–Trinajstić information content (AvgIpc) is 2.75. The van der Waals surface area contributed by atoms with Gasteiger partial charge in [-0.15, -0.1) is 11.3 Å². The number of hydrogen-bond donors (Lipinski definition) is 1. The van der Waals surface area contributed by atoms with Crippen LogP contribution in [0.3, 0.4) is 0 Å². The summed E-state index contributed by atoms with van der Waals surface area (Å²) in [6, 6.07) is 5.74. The molecule has 0 unspecified atom stereocenters. The normalized spacial score (nSPS) is 10.4. The fourth-order valence-corrected chi connectivity index (χ4v) is 3.34. The standard InChI is InChI=1S/C13H10BrClFNO2S/c1-19-13(18)9-3-2-7(16)4-11(9)17-6-8-5-10(14)12(15)20-8/h2-5,17H,6H2,1H3. The van der Waals surface area contributed by atoms with E-state index in [0.29, 0.717) is 16.6 Å². The topological polar surface area (TPSA) is 38.3 Å². The van der Waals surface area contributed by atoms with Crippen LogP contribution in [0.1, 0.15) is 15.2 Å². The van der Waals surface area contributed by atoms with E-state index in [9.17, 15) is 9.18 Å². The van der Waals surface area contributed by atoms with E-state index in [1.807, 2.05) is 6.07 Å². The van der Waals surface area contributed by atoms with E-state index >= 15 is 0 Å². The van der Waals surface area contributed by atoms with Crippen LogP contribution < -0.4 is 5.32 Å². The minimum absolute atomic E-state index is 0.288. The van der Waals surface area contributed by atoms with Gasteiger partial charge in [-0.25, -0.2) is 9.18 Å². The molecule has 20 heavy (non-hydrogen) atoms. The van der Waals surface area contributed by atoms with Crippen molar-refractivity contribution < 1.29 is 13.9 Å². The average molecular weight is 379 g/mol. The first-order valence-electron chi connectivity index (χ1n) is 5.56. The number of rotatable bonds is 4. The molecule has 0 amide bonds. The second-order valence-corrected chi connectivity index (χ2v) is 6.46. The molecule has 106 valence electrons. The summed E-state index contributed by atoms with van der Waals surface area (Å²) in [5.41, 5.74) is 0.674. The molecule has 1 aromatic heterocycles. The number of esters is 1. The summed E-state index contributed by atoms with van der Waals surface area (Å²) in [4.78, 5) is 12.6. The largest absolute Gasteiger partial charge is 0.465 e. The lowest BCUT2D eigenvalue weighted by atomic mass is 10.1. The molecule has 0 bridgehead atoms.